The number of ether oxygens (including phenoxy) is 1. The summed E-state index contributed by atoms with van der Waals surface area (Å²) in [6.07, 6.45) is 0. The van der Waals surface area contributed by atoms with Crippen molar-refractivity contribution in [1.29, 1.82) is 0 Å². The Morgan fingerprint density at radius 2 is 1.56 bits per heavy atom. The van der Waals surface area contributed by atoms with Crippen LogP contribution in [0.5, 0.6) is 5.75 Å². The van der Waals surface area contributed by atoms with E-state index in [1.54, 1.807) is 0 Å². The van der Waals surface area contributed by atoms with E-state index in [1.165, 1.54) is 0 Å². The Balaban J connectivity index is 1.73. The number of rotatable bonds is 4. The summed E-state index contributed by atoms with van der Waals surface area (Å²) in [5, 5.41) is 5.31. The number of anilines is 1. The number of amides is 2. The number of hydrogen-bond donors (Lipinski definition) is 2. The van der Waals surface area contributed by atoms with Gasteiger partial charge in [0.05, 0.1) is 0 Å². The molecule has 2 amide bonds. The van der Waals surface area contributed by atoms with Crippen LogP contribution in [-0.4, -0.2) is 12.8 Å². The fourth-order valence-electron chi connectivity index (χ4n) is 1.40. The second-order valence-electron chi connectivity index (χ2n) is 3.60. The molecule has 0 radical (unpaired) electrons. The Morgan fingerprint density at radius 3 is 2.22 bits per heavy atom. The second-order valence-corrected chi connectivity index (χ2v) is 3.60. The molecular weight excluding hydrogens is 228 g/mol. The summed E-state index contributed by atoms with van der Waals surface area (Å²) in [5.41, 5.74) is 0.745. The summed E-state index contributed by atoms with van der Waals surface area (Å²) in [7, 11) is 0. The van der Waals surface area contributed by atoms with Crippen molar-refractivity contribution in [2.45, 2.75) is 0 Å². The molecule has 4 nitrogen and oxygen atoms in total. The van der Waals surface area contributed by atoms with E-state index >= 15 is 0 Å². The molecule has 0 aromatic heterocycles. The van der Waals surface area contributed by atoms with E-state index in [1.807, 2.05) is 60.7 Å². The highest BCUT2D eigenvalue weighted by Gasteiger charge is 2.00. The average molecular weight is 242 g/mol. The molecule has 18 heavy (non-hydrogen) atoms. The van der Waals surface area contributed by atoms with Crippen LogP contribution in [0.2, 0.25) is 0 Å². The number of hydrogen-bond acceptors (Lipinski definition) is 2. The lowest BCUT2D eigenvalue weighted by Crippen LogP contribution is -2.31. The summed E-state index contributed by atoms with van der Waals surface area (Å²) in [6, 6.07) is 18.3. The monoisotopic (exact) mass is 242 g/mol. The van der Waals surface area contributed by atoms with Gasteiger partial charge >= 0.3 is 6.03 Å². The van der Waals surface area contributed by atoms with Crippen molar-refractivity contribution in [1.82, 2.24) is 5.32 Å². The van der Waals surface area contributed by atoms with Gasteiger partial charge < -0.3 is 15.4 Å². The SMILES string of the molecule is O=C(NCOc1ccccc1)Nc1ccccc1. The van der Waals surface area contributed by atoms with Gasteiger partial charge in [-0.1, -0.05) is 36.4 Å². The van der Waals surface area contributed by atoms with Crippen LogP contribution in [0.1, 0.15) is 0 Å². The van der Waals surface area contributed by atoms with E-state index < -0.39 is 0 Å². The third-order valence-corrected chi connectivity index (χ3v) is 2.25. The Bertz CT molecular complexity index is 486. The van der Waals surface area contributed by atoms with Crippen molar-refractivity contribution in [2.24, 2.45) is 0 Å². The van der Waals surface area contributed by atoms with Gasteiger partial charge in [0, 0.05) is 5.69 Å². The second kappa shape index (κ2) is 6.30. The molecule has 4 heteroatoms. The molecule has 0 saturated carbocycles. The zero-order chi connectivity index (χ0) is 12.6. The van der Waals surface area contributed by atoms with Gasteiger partial charge in [-0.15, -0.1) is 0 Å². The van der Waals surface area contributed by atoms with Crippen LogP contribution < -0.4 is 15.4 Å². The fourth-order valence-corrected chi connectivity index (χ4v) is 1.40. The normalized spacial score (nSPS) is 9.56. The van der Waals surface area contributed by atoms with Crippen molar-refractivity contribution in [3.05, 3.63) is 60.7 Å². The molecule has 2 aromatic carbocycles. The molecule has 0 heterocycles. The molecule has 2 N–H and O–H groups in total. The van der Waals surface area contributed by atoms with Crippen molar-refractivity contribution < 1.29 is 9.53 Å². The summed E-state index contributed by atoms with van der Waals surface area (Å²) in [6.45, 7) is 0.128. The molecule has 0 bridgehead atoms. The van der Waals surface area contributed by atoms with Crippen LogP contribution in [0.4, 0.5) is 10.5 Å². The van der Waals surface area contributed by atoms with Gasteiger partial charge in [0.15, 0.2) is 6.73 Å². The minimum absolute atomic E-state index is 0.128. The van der Waals surface area contributed by atoms with Gasteiger partial charge in [-0.2, -0.15) is 0 Å². The van der Waals surface area contributed by atoms with E-state index in [2.05, 4.69) is 10.6 Å². The molecular formula is C14H14N2O2. The quantitative estimate of drug-likeness (QED) is 0.810. The number of urea groups is 1. The molecule has 0 fully saturated rings. The first-order valence-corrected chi connectivity index (χ1v) is 5.62. The van der Waals surface area contributed by atoms with Gasteiger partial charge in [-0.25, -0.2) is 4.79 Å². The van der Waals surface area contributed by atoms with Gasteiger partial charge in [-0.3, -0.25) is 0 Å². The Hall–Kier alpha value is -2.49. The van der Waals surface area contributed by atoms with Crippen LogP contribution in [0.15, 0.2) is 60.7 Å². The molecule has 0 aliphatic carbocycles. The largest absolute Gasteiger partial charge is 0.473 e. The first-order valence-electron chi connectivity index (χ1n) is 5.62. The van der Waals surface area contributed by atoms with Crippen LogP contribution >= 0.6 is 0 Å². The zero-order valence-electron chi connectivity index (χ0n) is 9.80. The van der Waals surface area contributed by atoms with Gasteiger partial charge in [0.1, 0.15) is 5.75 Å². The van der Waals surface area contributed by atoms with Crippen molar-refractivity contribution in [3.63, 3.8) is 0 Å². The fraction of sp³-hybridized carbons (Fsp3) is 0.0714. The number of carbonyl (C=O) groups is 1. The average Bonchev–Trinajstić information content (AvgIpc) is 2.41. The summed E-state index contributed by atoms with van der Waals surface area (Å²) < 4.78 is 5.34. The summed E-state index contributed by atoms with van der Waals surface area (Å²) in [5.74, 6) is 0.720. The number of para-hydroxylation sites is 2. The number of benzene rings is 2. The van der Waals surface area contributed by atoms with E-state index in [4.69, 9.17) is 4.74 Å². The molecule has 0 spiro atoms. The maximum absolute atomic E-state index is 11.5. The van der Waals surface area contributed by atoms with Gasteiger partial charge in [0.2, 0.25) is 0 Å². The molecule has 0 atom stereocenters. The van der Waals surface area contributed by atoms with Crippen molar-refractivity contribution in [2.75, 3.05) is 12.0 Å². The highest BCUT2D eigenvalue weighted by atomic mass is 16.5. The van der Waals surface area contributed by atoms with Crippen LogP contribution in [-0.2, 0) is 0 Å². The van der Waals surface area contributed by atoms with E-state index in [0.29, 0.717) is 0 Å². The first-order chi connectivity index (χ1) is 8.84. The predicted octanol–water partition coefficient (Wildman–Crippen LogP) is 2.84. The summed E-state index contributed by atoms with van der Waals surface area (Å²) >= 11 is 0. The lowest BCUT2D eigenvalue weighted by atomic mass is 10.3. The molecule has 0 aliphatic rings. The van der Waals surface area contributed by atoms with Gasteiger partial charge in [0.25, 0.3) is 0 Å². The minimum atomic E-state index is -0.294. The highest BCUT2D eigenvalue weighted by molar-refractivity contribution is 5.89. The third-order valence-electron chi connectivity index (χ3n) is 2.25. The number of nitrogens with one attached hydrogen (secondary N) is 2. The maximum atomic E-state index is 11.5. The first kappa shape index (κ1) is 12.0. The topological polar surface area (TPSA) is 50.4 Å². The third kappa shape index (κ3) is 3.83. The Kier molecular flexibility index (Phi) is 4.19. The Labute approximate surface area is 106 Å². The molecule has 0 saturated heterocycles. The Morgan fingerprint density at radius 1 is 0.944 bits per heavy atom. The van der Waals surface area contributed by atoms with E-state index in [9.17, 15) is 4.79 Å². The smallest absolute Gasteiger partial charge is 0.321 e. The zero-order valence-corrected chi connectivity index (χ0v) is 9.80. The van der Waals surface area contributed by atoms with Crippen LogP contribution in [0, 0.1) is 0 Å². The minimum Gasteiger partial charge on any atom is -0.473 e. The molecule has 0 aliphatic heterocycles. The predicted molar refractivity (Wildman–Crippen MR) is 70.5 cm³/mol. The lowest BCUT2D eigenvalue weighted by molar-refractivity contribution is 0.234. The van der Waals surface area contributed by atoms with Crippen LogP contribution in [0.3, 0.4) is 0 Å². The van der Waals surface area contributed by atoms with Crippen LogP contribution in [0.25, 0.3) is 0 Å². The molecule has 2 rings (SSSR count). The standard InChI is InChI=1S/C14H14N2O2/c17-14(16-12-7-3-1-4-8-12)15-11-18-13-9-5-2-6-10-13/h1-10H,11H2,(H2,15,16,17). The van der Waals surface area contributed by atoms with Gasteiger partial charge in [-0.05, 0) is 24.3 Å². The lowest BCUT2D eigenvalue weighted by Gasteiger charge is -2.09. The van der Waals surface area contributed by atoms with E-state index in [0.717, 1.165) is 11.4 Å². The molecule has 2 aromatic rings. The summed E-state index contributed by atoms with van der Waals surface area (Å²) in [4.78, 5) is 11.5. The van der Waals surface area contributed by atoms with Crippen molar-refractivity contribution >= 4 is 11.7 Å². The van der Waals surface area contributed by atoms with Crippen molar-refractivity contribution in [3.8, 4) is 5.75 Å². The maximum Gasteiger partial charge on any atom is 0.321 e. The number of carbonyl (C=O) groups excluding carboxylic acids is 1. The molecule has 0 unspecified atom stereocenters. The molecule has 92 valence electrons. The van der Waals surface area contributed by atoms with E-state index in [-0.39, 0.29) is 12.8 Å². The highest BCUT2D eigenvalue weighted by Crippen LogP contribution is 2.07.